The van der Waals surface area contributed by atoms with E-state index in [2.05, 4.69) is 9.72 Å². The van der Waals surface area contributed by atoms with Crippen molar-refractivity contribution < 1.29 is 41.0 Å². The molecule has 2 aromatic carbocycles. The van der Waals surface area contributed by atoms with E-state index in [9.17, 15) is 31.5 Å². The van der Waals surface area contributed by atoms with Gasteiger partial charge < -0.3 is 19.3 Å². The van der Waals surface area contributed by atoms with E-state index in [-0.39, 0.29) is 17.1 Å². The zero-order valence-corrected chi connectivity index (χ0v) is 19.8. The number of hydrogen-bond donors (Lipinski definition) is 0. The number of aromatic nitrogens is 1. The number of nitrogens with zero attached hydrogens (tertiary/aromatic N) is 3. The van der Waals surface area contributed by atoms with Gasteiger partial charge in [0.15, 0.2) is 11.9 Å². The Labute approximate surface area is 208 Å². The van der Waals surface area contributed by atoms with Crippen LogP contribution in [0.1, 0.15) is 16.8 Å². The van der Waals surface area contributed by atoms with E-state index in [1.807, 2.05) is 0 Å². The fraction of sp³-hybridized carbons (Fsp3) is 0.320. The molecule has 7 nitrogen and oxygen atoms in total. The number of benzene rings is 2. The Kier molecular flexibility index (Phi) is 6.94. The summed E-state index contributed by atoms with van der Waals surface area (Å²) >= 11 is 0. The number of para-hydroxylation sites is 2. The summed E-state index contributed by atoms with van der Waals surface area (Å²) in [6.07, 6.45) is -7.82. The predicted molar refractivity (Wildman–Crippen MR) is 124 cm³/mol. The van der Waals surface area contributed by atoms with Crippen molar-refractivity contribution in [3.05, 3.63) is 60.2 Å². The quantitative estimate of drug-likeness (QED) is 0.274. The Morgan fingerprint density at radius 2 is 1.78 bits per heavy atom. The predicted octanol–water partition coefficient (Wildman–Crippen LogP) is 4.70. The summed E-state index contributed by atoms with van der Waals surface area (Å²) < 4.78 is 78.3. The lowest BCUT2D eigenvalue weighted by Crippen LogP contribution is -2.55. The molecule has 0 radical (unpaired) electrons. The maximum Gasteiger partial charge on any atom is 0.491 e. The van der Waals surface area contributed by atoms with Crippen LogP contribution in [0.5, 0.6) is 11.6 Å². The summed E-state index contributed by atoms with van der Waals surface area (Å²) in [5.74, 6) is -7.38. The van der Waals surface area contributed by atoms with Gasteiger partial charge in [0.2, 0.25) is 5.88 Å². The molecule has 0 bridgehead atoms. The van der Waals surface area contributed by atoms with Crippen molar-refractivity contribution in [3.63, 3.8) is 0 Å². The van der Waals surface area contributed by atoms with Gasteiger partial charge in [-0.15, -0.1) is 0 Å². The highest BCUT2D eigenvalue weighted by atomic mass is 19.4. The number of carbonyl (C=O) groups is 2. The monoisotopic (exact) mass is 523 g/mol. The van der Waals surface area contributed by atoms with Crippen LogP contribution in [0.25, 0.3) is 10.9 Å². The van der Waals surface area contributed by atoms with Gasteiger partial charge in [-0.25, -0.2) is 18.6 Å². The number of likely N-dealkylation sites (tertiary alicyclic amines) is 1. The molecular formula is C25H22F5N3O4. The van der Waals surface area contributed by atoms with Gasteiger partial charge in [0.05, 0.1) is 23.3 Å². The van der Waals surface area contributed by atoms with E-state index >= 15 is 0 Å². The first-order valence-corrected chi connectivity index (χ1v) is 11.2. The lowest BCUT2D eigenvalue weighted by Gasteiger charge is -2.38. The third-order valence-corrected chi connectivity index (χ3v) is 5.83. The Balaban J connectivity index is 1.61. The summed E-state index contributed by atoms with van der Waals surface area (Å²) in [4.78, 5) is 31.5. The summed E-state index contributed by atoms with van der Waals surface area (Å²) in [6, 6.07) is 14.0. The summed E-state index contributed by atoms with van der Waals surface area (Å²) in [5.41, 5.74) is 0.180. The Hall–Kier alpha value is -3.96. The highest BCUT2D eigenvalue weighted by molar-refractivity contribution is 6.00. The number of rotatable bonds is 5. The van der Waals surface area contributed by atoms with Crippen molar-refractivity contribution in [3.8, 4) is 11.6 Å². The Morgan fingerprint density at radius 3 is 2.49 bits per heavy atom. The number of fused-ring (bicyclic) bond motifs is 1. The third kappa shape index (κ3) is 5.57. The van der Waals surface area contributed by atoms with Gasteiger partial charge in [0.25, 0.3) is 11.8 Å². The van der Waals surface area contributed by atoms with E-state index < -0.39 is 55.3 Å². The number of piperidine rings is 1. The van der Waals surface area contributed by atoms with E-state index in [4.69, 9.17) is 4.74 Å². The molecule has 196 valence electrons. The average molecular weight is 523 g/mol. The van der Waals surface area contributed by atoms with Crippen LogP contribution < -0.4 is 14.4 Å². The van der Waals surface area contributed by atoms with Gasteiger partial charge in [-0.05, 0) is 24.3 Å². The fourth-order valence-corrected chi connectivity index (χ4v) is 3.91. The second-order valence-electron chi connectivity index (χ2n) is 8.65. The van der Waals surface area contributed by atoms with Crippen molar-refractivity contribution in [1.82, 2.24) is 9.88 Å². The van der Waals surface area contributed by atoms with Crippen molar-refractivity contribution in [2.75, 3.05) is 32.1 Å². The maximum absolute atomic E-state index is 14.8. The first-order valence-electron chi connectivity index (χ1n) is 11.2. The van der Waals surface area contributed by atoms with E-state index in [0.29, 0.717) is 5.52 Å². The van der Waals surface area contributed by atoms with Crippen LogP contribution in [0.3, 0.4) is 0 Å². The molecule has 1 saturated heterocycles. The smallest absolute Gasteiger partial charge is 0.466 e. The highest BCUT2D eigenvalue weighted by Gasteiger charge is 2.48. The number of halogens is 5. The zero-order valence-electron chi connectivity index (χ0n) is 19.8. The van der Waals surface area contributed by atoms with E-state index in [1.54, 1.807) is 30.3 Å². The van der Waals surface area contributed by atoms with Crippen molar-refractivity contribution >= 4 is 28.5 Å². The number of pyridine rings is 1. The SMILES string of the molecule is CN(C)c1cccc(C(=O)N2CCC(F)(F)C(Oc3ccc4ccccc4n3)C2)c1OC(=O)C(F)(F)F. The number of ether oxygens (including phenoxy) is 2. The molecule has 3 aromatic rings. The molecule has 1 unspecified atom stereocenters. The first kappa shape index (κ1) is 26.1. The molecule has 1 aliphatic rings. The Morgan fingerprint density at radius 1 is 1.05 bits per heavy atom. The molecule has 4 rings (SSSR count). The normalized spacial score (nSPS) is 17.4. The number of amides is 1. The van der Waals surface area contributed by atoms with E-state index in [0.717, 1.165) is 10.3 Å². The molecule has 0 N–H and O–H groups in total. The third-order valence-electron chi connectivity index (χ3n) is 5.83. The lowest BCUT2D eigenvalue weighted by atomic mass is 10.0. The van der Waals surface area contributed by atoms with Crippen LogP contribution in [0.4, 0.5) is 27.6 Å². The van der Waals surface area contributed by atoms with Gasteiger partial charge in [-0.2, -0.15) is 13.2 Å². The topological polar surface area (TPSA) is 72.0 Å². The van der Waals surface area contributed by atoms with Crippen LogP contribution in [-0.4, -0.2) is 67.1 Å². The molecule has 0 aliphatic carbocycles. The molecule has 1 amide bonds. The average Bonchev–Trinajstić information content (AvgIpc) is 2.84. The number of esters is 1. The minimum absolute atomic E-state index is 0.0268. The van der Waals surface area contributed by atoms with Gasteiger partial charge in [0.1, 0.15) is 0 Å². The molecular weight excluding hydrogens is 501 g/mol. The maximum atomic E-state index is 14.8. The number of hydrogen-bond acceptors (Lipinski definition) is 6. The van der Waals surface area contributed by atoms with Gasteiger partial charge in [-0.1, -0.05) is 24.3 Å². The van der Waals surface area contributed by atoms with Crippen LogP contribution in [0, 0.1) is 0 Å². The van der Waals surface area contributed by atoms with E-state index in [1.165, 1.54) is 43.3 Å². The summed E-state index contributed by atoms with van der Waals surface area (Å²) in [7, 11) is 2.97. The number of carbonyl (C=O) groups excluding carboxylic acids is 2. The van der Waals surface area contributed by atoms with Gasteiger partial charge >= 0.3 is 12.1 Å². The molecule has 0 spiro atoms. The first-order chi connectivity index (χ1) is 17.4. The summed E-state index contributed by atoms with van der Waals surface area (Å²) in [5, 5.41) is 0.781. The van der Waals surface area contributed by atoms with Crippen LogP contribution >= 0.6 is 0 Å². The number of alkyl halides is 5. The molecule has 0 saturated carbocycles. The summed E-state index contributed by atoms with van der Waals surface area (Å²) in [6.45, 7) is -0.963. The lowest BCUT2D eigenvalue weighted by molar-refractivity contribution is -0.189. The van der Waals surface area contributed by atoms with Crippen molar-refractivity contribution in [1.29, 1.82) is 0 Å². The van der Waals surface area contributed by atoms with Gasteiger partial charge in [0, 0.05) is 38.5 Å². The minimum atomic E-state index is -5.31. The zero-order chi connectivity index (χ0) is 27.0. The highest BCUT2D eigenvalue weighted by Crippen LogP contribution is 2.36. The molecule has 1 fully saturated rings. The molecule has 37 heavy (non-hydrogen) atoms. The van der Waals surface area contributed by atoms with Crippen molar-refractivity contribution in [2.45, 2.75) is 24.6 Å². The molecule has 1 atom stereocenters. The van der Waals surface area contributed by atoms with Crippen LogP contribution in [-0.2, 0) is 4.79 Å². The standard InChI is InChI=1S/C25H22F5N3O4/c1-32(2)18-9-5-7-16(21(18)37-23(35)25(28,29)30)22(34)33-13-12-24(26,27)19(14-33)36-20-11-10-15-6-3-4-8-17(15)31-20/h3-11,19H,12-14H2,1-2H3. The fourth-order valence-electron chi connectivity index (χ4n) is 3.91. The minimum Gasteiger partial charge on any atom is -0.466 e. The molecule has 1 aliphatic heterocycles. The molecule has 12 heteroatoms. The van der Waals surface area contributed by atoms with Crippen molar-refractivity contribution in [2.24, 2.45) is 0 Å². The molecule has 1 aromatic heterocycles. The Bertz CT molecular complexity index is 1330. The second-order valence-corrected chi connectivity index (χ2v) is 8.65. The van der Waals surface area contributed by atoms with Crippen LogP contribution in [0.15, 0.2) is 54.6 Å². The number of anilines is 1. The molecule has 2 heterocycles. The second kappa shape index (κ2) is 9.83. The van der Waals surface area contributed by atoms with Gasteiger partial charge in [-0.3, -0.25) is 4.79 Å². The largest absolute Gasteiger partial charge is 0.491 e. The van der Waals surface area contributed by atoms with Crippen LogP contribution in [0.2, 0.25) is 0 Å².